The maximum Gasteiger partial charge on any atom is 0.237 e. The number of nitrogens with one attached hydrogen (secondary N) is 1. The smallest absolute Gasteiger partial charge is 0.237 e. The molecule has 0 atom stereocenters. The van der Waals surface area contributed by atoms with E-state index in [-0.39, 0.29) is 5.75 Å². The van der Waals surface area contributed by atoms with E-state index < -0.39 is 10.0 Å². The number of rotatable bonds is 7. The van der Waals surface area contributed by atoms with Crippen LogP contribution in [0.3, 0.4) is 0 Å². The molecule has 1 aromatic rings. The lowest BCUT2D eigenvalue weighted by molar-refractivity contribution is 0.0655. The van der Waals surface area contributed by atoms with Gasteiger partial charge in [-0.05, 0) is 37.6 Å². The lowest BCUT2D eigenvalue weighted by Gasteiger charge is -2.25. The van der Waals surface area contributed by atoms with Crippen molar-refractivity contribution in [3.05, 3.63) is 34.9 Å². The molecular weight excluding hydrogens is 312 g/mol. The number of halogens is 1. The van der Waals surface area contributed by atoms with Crippen LogP contribution in [-0.2, 0) is 20.6 Å². The number of hydrogen-bond donors (Lipinski definition) is 1. The second kappa shape index (κ2) is 8.10. The zero-order chi connectivity index (χ0) is 15.1. The van der Waals surface area contributed by atoms with Crippen LogP contribution in [0.15, 0.2) is 24.3 Å². The minimum Gasteiger partial charge on any atom is -0.301 e. The van der Waals surface area contributed by atoms with Gasteiger partial charge in [0.2, 0.25) is 10.0 Å². The van der Waals surface area contributed by atoms with Crippen LogP contribution in [0.1, 0.15) is 24.8 Å². The molecule has 2 rings (SSSR count). The normalized spacial score (nSPS) is 17.0. The fraction of sp³-hybridized carbons (Fsp3) is 0.571. The van der Waals surface area contributed by atoms with Crippen molar-refractivity contribution in [2.75, 3.05) is 26.2 Å². The van der Waals surface area contributed by atoms with Gasteiger partial charge in [0.05, 0.1) is 12.4 Å². The molecule has 1 aliphatic heterocycles. The van der Waals surface area contributed by atoms with Crippen molar-refractivity contribution in [3.8, 4) is 0 Å². The van der Waals surface area contributed by atoms with E-state index in [1.165, 1.54) is 19.3 Å². The Morgan fingerprint density at radius 1 is 1.19 bits per heavy atom. The highest BCUT2D eigenvalue weighted by Gasteiger charge is 2.14. The second-order valence-corrected chi connectivity index (χ2v) is 7.28. The number of nitrogens with zero attached hydrogens (tertiary/aromatic N) is 1. The van der Waals surface area contributed by atoms with Gasteiger partial charge in [0.1, 0.15) is 0 Å². The lowest BCUT2D eigenvalue weighted by atomic mass is 10.1. The van der Waals surface area contributed by atoms with Crippen molar-refractivity contribution in [2.24, 2.45) is 0 Å². The minimum absolute atomic E-state index is 0.184. The first-order valence-corrected chi connectivity index (χ1v) is 9.17. The van der Waals surface area contributed by atoms with E-state index in [4.69, 9.17) is 16.4 Å². The molecular formula is C14H21ClN2O3S. The highest BCUT2D eigenvalue weighted by Crippen LogP contribution is 2.17. The van der Waals surface area contributed by atoms with Crippen LogP contribution in [-0.4, -0.2) is 39.6 Å². The first-order chi connectivity index (χ1) is 10.1. The van der Waals surface area contributed by atoms with Gasteiger partial charge in [-0.3, -0.25) is 4.84 Å². The quantitative estimate of drug-likeness (QED) is 0.614. The Bertz CT molecular complexity index is 545. The van der Waals surface area contributed by atoms with Crippen LogP contribution in [0, 0.1) is 0 Å². The third kappa shape index (κ3) is 5.92. The van der Waals surface area contributed by atoms with Gasteiger partial charge in [-0.15, -0.1) is 0 Å². The number of likely N-dealkylation sites (tertiary alicyclic amines) is 1. The van der Waals surface area contributed by atoms with E-state index in [0.29, 0.717) is 17.2 Å². The molecule has 5 nitrogen and oxygen atoms in total. The van der Waals surface area contributed by atoms with E-state index in [0.717, 1.165) is 19.6 Å². The largest absolute Gasteiger partial charge is 0.301 e. The van der Waals surface area contributed by atoms with E-state index in [2.05, 4.69) is 9.79 Å². The van der Waals surface area contributed by atoms with Gasteiger partial charge in [0, 0.05) is 11.6 Å². The molecule has 21 heavy (non-hydrogen) atoms. The average molecular weight is 333 g/mol. The van der Waals surface area contributed by atoms with Gasteiger partial charge in [-0.25, -0.2) is 8.42 Å². The van der Waals surface area contributed by atoms with Crippen molar-refractivity contribution in [1.29, 1.82) is 0 Å². The van der Waals surface area contributed by atoms with Crippen LogP contribution >= 0.6 is 11.6 Å². The Morgan fingerprint density at radius 3 is 2.62 bits per heavy atom. The van der Waals surface area contributed by atoms with Crippen molar-refractivity contribution in [1.82, 2.24) is 9.79 Å². The fourth-order valence-electron chi connectivity index (χ4n) is 2.34. The number of piperidine rings is 1. The molecule has 0 radical (unpaired) electrons. The number of sulfonamides is 1. The van der Waals surface area contributed by atoms with Crippen molar-refractivity contribution in [2.45, 2.75) is 25.0 Å². The minimum atomic E-state index is -3.54. The van der Waals surface area contributed by atoms with Crippen LogP contribution in [0.5, 0.6) is 0 Å². The summed E-state index contributed by atoms with van der Waals surface area (Å²) in [5.41, 5.74) is 0.561. The molecule has 0 amide bonds. The van der Waals surface area contributed by atoms with Crippen LogP contribution in [0.4, 0.5) is 0 Å². The summed E-state index contributed by atoms with van der Waals surface area (Å²) in [6, 6.07) is 6.88. The molecule has 0 saturated carbocycles. The van der Waals surface area contributed by atoms with Gasteiger partial charge in [0.25, 0.3) is 0 Å². The predicted molar refractivity (Wildman–Crippen MR) is 83.5 cm³/mol. The zero-order valence-corrected chi connectivity index (χ0v) is 13.5. The van der Waals surface area contributed by atoms with Gasteiger partial charge in [0.15, 0.2) is 0 Å². The summed E-state index contributed by atoms with van der Waals surface area (Å²) in [5.74, 6) is -0.184. The monoisotopic (exact) mass is 332 g/mol. The van der Waals surface area contributed by atoms with Gasteiger partial charge < -0.3 is 4.90 Å². The number of benzene rings is 1. The molecule has 1 heterocycles. The Kier molecular flexibility index (Phi) is 6.44. The molecule has 0 spiro atoms. The van der Waals surface area contributed by atoms with E-state index >= 15 is 0 Å². The highest BCUT2D eigenvalue weighted by molar-refractivity contribution is 7.88. The Hall–Kier alpha value is -0.660. The molecule has 1 aromatic carbocycles. The summed E-state index contributed by atoms with van der Waals surface area (Å²) in [6.07, 6.45) is 3.69. The van der Waals surface area contributed by atoms with E-state index in [1.807, 2.05) is 0 Å². The third-order valence-corrected chi connectivity index (χ3v) is 4.88. The molecule has 118 valence electrons. The van der Waals surface area contributed by atoms with Gasteiger partial charge in [-0.1, -0.05) is 41.1 Å². The molecule has 0 aromatic heterocycles. The standard InChI is InChI=1S/C14H21ClN2O3S/c15-14-7-3-2-6-13(14)12-21(18,19)16-20-11-10-17-8-4-1-5-9-17/h2-3,6-7,16H,1,4-5,8-12H2. The molecule has 1 N–H and O–H groups in total. The van der Waals surface area contributed by atoms with Crippen LogP contribution in [0.25, 0.3) is 0 Å². The van der Waals surface area contributed by atoms with Crippen molar-refractivity contribution < 1.29 is 13.3 Å². The molecule has 0 bridgehead atoms. The summed E-state index contributed by atoms with van der Waals surface area (Å²) >= 11 is 5.95. The predicted octanol–water partition coefficient (Wildman–Crippen LogP) is 2.18. The fourth-order valence-corrected chi connectivity index (χ4v) is 3.60. The molecule has 1 aliphatic rings. The second-order valence-electron chi connectivity index (χ2n) is 5.18. The highest BCUT2D eigenvalue weighted by atomic mass is 35.5. The van der Waals surface area contributed by atoms with Crippen molar-refractivity contribution >= 4 is 21.6 Å². The number of hydrogen-bond acceptors (Lipinski definition) is 4. The zero-order valence-electron chi connectivity index (χ0n) is 11.9. The molecule has 1 fully saturated rings. The van der Waals surface area contributed by atoms with Crippen LogP contribution in [0.2, 0.25) is 5.02 Å². The Labute approximate surface area is 131 Å². The SMILES string of the molecule is O=S(=O)(Cc1ccccc1Cl)NOCCN1CCCCC1. The summed E-state index contributed by atoms with van der Waals surface area (Å²) < 4.78 is 23.8. The summed E-state index contributed by atoms with van der Waals surface area (Å²) in [4.78, 5) is 9.54. The molecule has 0 unspecified atom stereocenters. The molecule has 0 aliphatic carbocycles. The first kappa shape index (κ1) is 16.7. The third-order valence-electron chi connectivity index (χ3n) is 3.45. The maximum atomic E-state index is 11.9. The summed E-state index contributed by atoms with van der Waals surface area (Å²) in [5, 5.41) is 0.441. The first-order valence-electron chi connectivity index (χ1n) is 7.14. The van der Waals surface area contributed by atoms with Gasteiger partial charge >= 0.3 is 0 Å². The summed E-state index contributed by atoms with van der Waals surface area (Å²) in [7, 11) is -3.54. The summed E-state index contributed by atoms with van der Waals surface area (Å²) in [6.45, 7) is 3.22. The van der Waals surface area contributed by atoms with E-state index in [9.17, 15) is 8.42 Å². The molecule has 1 saturated heterocycles. The van der Waals surface area contributed by atoms with Crippen molar-refractivity contribution in [3.63, 3.8) is 0 Å². The Balaban J connectivity index is 1.72. The topological polar surface area (TPSA) is 58.6 Å². The Morgan fingerprint density at radius 2 is 1.90 bits per heavy atom. The average Bonchev–Trinajstić information content (AvgIpc) is 2.47. The lowest BCUT2D eigenvalue weighted by Crippen LogP contribution is -2.35. The van der Waals surface area contributed by atoms with Crippen LogP contribution < -0.4 is 4.89 Å². The maximum absolute atomic E-state index is 11.9. The van der Waals surface area contributed by atoms with Gasteiger partial charge in [-0.2, -0.15) is 0 Å². The molecule has 7 heteroatoms. The van der Waals surface area contributed by atoms with E-state index in [1.54, 1.807) is 24.3 Å².